The minimum absolute atomic E-state index is 0.560. The van der Waals surface area contributed by atoms with Crippen LogP contribution in [0.25, 0.3) is 0 Å². The second-order valence-corrected chi connectivity index (χ2v) is 1.81. The van der Waals surface area contributed by atoms with Crippen LogP contribution in [0.1, 0.15) is 0 Å². The molecule has 0 amide bonds. The predicted molar refractivity (Wildman–Crippen MR) is 38.1 cm³/mol. The van der Waals surface area contributed by atoms with Crippen molar-refractivity contribution in [3.8, 4) is 0 Å². The zero-order valence-corrected chi connectivity index (χ0v) is 5.69. The Balaban J connectivity index is 2.96. The van der Waals surface area contributed by atoms with E-state index in [4.69, 9.17) is 0 Å². The Kier molecular flexibility index (Phi) is 1.99. The van der Waals surface area contributed by atoms with Gasteiger partial charge in [-0.25, -0.2) is 0 Å². The molecule has 0 atom stereocenters. The molecule has 0 spiro atoms. The first-order valence-corrected chi connectivity index (χ1v) is 2.96. The molecule has 52 valence electrons. The van der Waals surface area contributed by atoms with Crippen molar-refractivity contribution in [3.63, 3.8) is 0 Å². The molecule has 10 heavy (non-hydrogen) atoms. The van der Waals surface area contributed by atoms with Crippen LogP contribution < -0.4 is 0 Å². The second-order valence-electron chi connectivity index (χ2n) is 1.81. The smallest absolute Gasteiger partial charge is 0.244 e. The van der Waals surface area contributed by atoms with Gasteiger partial charge in [-0.05, 0) is 5.11 Å². The highest BCUT2D eigenvalue weighted by atomic mass is 16.5. The molecule has 1 aromatic rings. The third-order valence-corrected chi connectivity index (χ3v) is 1.16. The summed E-state index contributed by atoms with van der Waals surface area (Å²) in [6.45, 7) is 0. The summed E-state index contributed by atoms with van der Waals surface area (Å²) >= 11 is 0. The van der Waals surface area contributed by atoms with Crippen LogP contribution in [-0.2, 0) is 0 Å². The van der Waals surface area contributed by atoms with E-state index in [1.807, 2.05) is 6.07 Å². The van der Waals surface area contributed by atoms with Gasteiger partial charge in [0.1, 0.15) is 0 Å². The summed E-state index contributed by atoms with van der Waals surface area (Å²) in [5, 5.41) is 14.2. The van der Waals surface area contributed by atoms with Crippen molar-refractivity contribution in [2.24, 2.45) is 5.11 Å². The Morgan fingerprint density at radius 1 is 1.30 bits per heavy atom. The van der Waals surface area contributed by atoms with E-state index in [0.29, 0.717) is 10.5 Å². The fraction of sp³-hybridized carbons (Fsp3) is 0.143. The van der Waals surface area contributed by atoms with Crippen molar-refractivity contribution in [3.05, 3.63) is 35.5 Å². The summed E-state index contributed by atoms with van der Waals surface area (Å²) in [6, 6.07) is 8.86. The van der Waals surface area contributed by atoms with E-state index in [2.05, 4.69) is 5.11 Å². The van der Waals surface area contributed by atoms with Crippen molar-refractivity contribution in [1.29, 1.82) is 0 Å². The van der Waals surface area contributed by atoms with E-state index in [1.54, 1.807) is 24.3 Å². The average molecular weight is 136 g/mol. The Labute approximate surface area is 59.2 Å². The van der Waals surface area contributed by atoms with Crippen LogP contribution in [-0.4, -0.2) is 11.9 Å². The minimum Gasteiger partial charge on any atom is -0.594 e. The SMILES string of the molecule is C/N=[N+](\[O-])c1ccccc1. The van der Waals surface area contributed by atoms with Crippen LogP contribution >= 0.6 is 0 Å². The van der Waals surface area contributed by atoms with Gasteiger partial charge in [0.05, 0.1) is 7.05 Å². The number of benzene rings is 1. The molecule has 0 unspecified atom stereocenters. The van der Waals surface area contributed by atoms with Gasteiger partial charge < -0.3 is 5.21 Å². The first-order valence-electron chi connectivity index (χ1n) is 2.96. The molecule has 1 rings (SSSR count). The molecule has 0 aromatic heterocycles. The maximum atomic E-state index is 10.8. The monoisotopic (exact) mass is 136 g/mol. The molecule has 0 fully saturated rings. The number of nitrogens with zero attached hydrogens (tertiary/aromatic N) is 2. The predicted octanol–water partition coefficient (Wildman–Crippen LogP) is 1.91. The first kappa shape index (κ1) is 6.74. The van der Waals surface area contributed by atoms with Crippen molar-refractivity contribution in [1.82, 2.24) is 0 Å². The van der Waals surface area contributed by atoms with Crippen LogP contribution in [0.2, 0.25) is 0 Å². The standard InChI is InChI=1S/C7H8N2O/c1-8-9(10)7-5-3-2-4-6-7/h2-6H,1H3/b9-8-. The number of hydrogen-bond donors (Lipinski definition) is 0. The number of azo groups is 1. The molecule has 0 saturated heterocycles. The topological polar surface area (TPSA) is 38.4 Å². The molecule has 0 N–H and O–H groups in total. The molecule has 3 nitrogen and oxygen atoms in total. The molecule has 0 radical (unpaired) electrons. The zero-order valence-electron chi connectivity index (χ0n) is 5.69. The zero-order chi connectivity index (χ0) is 7.40. The normalized spacial score (nSPS) is 11.5. The number of rotatable bonds is 1. The minimum atomic E-state index is 0.560. The molecule has 1 aromatic carbocycles. The van der Waals surface area contributed by atoms with E-state index in [-0.39, 0.29) is 0 Å². The maximum absolute atomic E-state index is 10.8. The van der Waals surface area contributed by atoms with E-state index in [9.17, 15) is 5.21 Å². The summed E-state index contributed by atoms with van der Waals surface area (Å²) in [7, 11) is 1.46. The molecular formula is C7H8N2O. The van der Waals surface area contributed by atoms with E-state index in [1.165, 1.54) is 7.05 Å². The van der Waals surface area contributed by atoms with Crippen LogP contribution in [0.3, 0.4) is 0 Å². The summed E-state index contributed by atoms with van der Waals surface area (Å²) in [5.41, 5.74) is 0.560. The summed E-state index contributed by atoms with van der Waals surface area (Å²) in [6.07, 6.45) is 0. The molecule has 0 heterocycles. The van der Waals surface area contributed by atoms with Gasteiger partial charge in [-0.15, -0.1) is 0 Å². The lowest BCUT2D eigenvalue weighted by Gasteiger charge is -1.95. The Hall–Kier alpha value is -1.38. The van der Waals surface area contributed by atoms with Crippen molar-refractivity contribution < 1.29 is 4.86 Å². The van der Waals surface area contributed by atoms with E-state index < -0.39 is 0 Å². The van der Waals surface area contributed by atoms with Gasteiger partial charge in [0.15, 0.2) is 0 Å². The fourth-order valence-corrected chi connectivity index (χ4v) is 0.671. The van der Waals surface area contributed by atoms with Crippen molar-refractivity contribution >= 4 is 5.69 Å². The lowest BCUT2D eigenvalue weighted by molar-refractivity contribution is -0.439. The molecule has 0 aliphatic carbocycles. The lowest BCUT2D eigenvalue weighted by Crippen LogP contribution is -1.88. The molecule has 0 bridgehead atoms. The van der Waals surface area contributed by atoms with Gasteiger partial charge in [0, 0.05) is 12.1 Å². The highest BCUT2D eigenvalue weighted by Gasteiger charge is 1.96. The van der Waals surface area contributed by atoms with E-state index >= 15 is 0 Å². The van der Waals surface area contributed by atoms with Gasteiger partial charge in [0.25, 0.3) is 0 Å². The van der Waals surface area contributed by atoms with Gasteiger partial charge in [-0.3, -0.25) is 0 Å². The van der Waals surface area contributed by atoms with Crippen LogP contribution in [0, 0.1) is 5.21 Å². The average Bonchev–Trinajstić information content (AvgIpc) is 2.05. The molecule has 0 aliphatic rings. The van der Waals surface area contributed by atoms with Crippen molar-refractivity contribution in [2.75, 3.05) is 7.05 Å². The third-order valence-electron chi connectivity index (χ3n) is 1.16. The number of hydrogen-bond acceptors (Lipinski definition) is 2. The molecule has 3 heteroatoms. The quantitative estimate of drug-likeness (QED) is 0.330. The summed E-state index contributed by atoms with van der Waals surface area (Å²) in [5.74, 6) is 0. The molecule has 0 saturated carbocycles. The molecule has 0 aliphatic heterocycles. The lowest BCUT2D eigenvalue weighted by atomic mass is 10.3. The maximum Gasteiger partial charge on any atom is 0.244 e. The summed E-state index contributed by atoms with van der Waals surface area (Å²) in [4.78, 5) is 0.583. The van der Waals surface area contributed by atoms with Gasteiger partial charge in [-0.1, -0.05) is 23.1 Å². The first-order chi connectivity index (χ1) is 4.84. The molecular weight excluding hydrogens is 128 g/mol. The summed E-state index contributed by atoms with van der Waals surface area (Å²) < 4.78 is 0. The van der Waals surface area contributed by atoms with Crippen LogP contribution in [0.15, 0.2) is 35.4 Å². The Morgan fingerprint density at radius 2 is 1.90 bits per heavy atom. The van der Waals surface area contributed by atoms with Gasteiger partial charge in [0.2, 0.25) is 5.69 Å². The Bertz CT molecular complexity index is 231. The van der Waals surface area contributed by atoms with Gasteiger partial charge >= 0.3 is 0 Å². The largest absolute Gasteiger partial charge is 0.594 e. The van der Waals surface area contributed by atoms with Crippen molar-refractivity contribution in [2.45, 2.75) is 0 Å². The van der Waals surface area contributed by atoms with Crippen LogP contribution in [0.4, 0.5) is 5.69 Å². The number of para-hydroxylation sites is 1. The Morgan fingerprint density at radius 3 is 2.40 bits per heavy atom. The highest BCUT2D eigenvalue weighted by Crippen LogP contribution is 2.08. The fourth-order valence-electron chi connectivity index (χ4n) is 0.671. The van der Waals surface area contributed by atoms with E-state index in [0.717, 1.165) is 0 Å². The van der Waals surface area contributed by atoms with Gasteiger partial charge in [-0.2, -0.15) is 0 Å². The van der Waals surface area contributed by atoms with Crippen LogP contribution in [0.5, 0.6) is 0 Å². The second kappa shape index (κ2) is 2.96. The third kappa shape index (κ3) is 1.31. The highest BCUT2D eigenvalue weighted by molar-refractivity contribution is 5.27.